The molecular weight excluding hydrogens is 184 g/mol. The van der Waals surface area contributed by atoms with Crippen molar-refractivity contribution in [2.24, 2.45) is 0 Å². The highest BCUT2D eigenvalue weighted by atomic mass is 14.6. The Balaban J connectivity index is 2.49. The summed E-state index contributed by atoms with van der Waals surface area (Å²) in [6.07, 6.45) is 6.10. The highest BCUT2D eigenvalue weighted by molar-refractivity contribution is 5.55. The maximum absolute atomic E-state index is 8.73. The highest BCUT2D eigenvalue weighted by Crippen LogP contribution is 2.15. The predicted octanol–water partition coefficient (Wildman–Crippen LogP) is 3.26. The van der Waals surface area contributed by atoms with Crippen molar-refractivity contribution in [1.29, 1.82) is 5.26 Å². The Morgan fingerprint density at radius 1 is 1.27 bits per heavy atom. The molecule has 1 aromatic carbocycles. The van der Waals surface area contributed by atoms with E-state index in [-0.39, 0.29) is 0 Å². The van der Waals surface area contributed by atoms with E-state index in [4.69, 9.17) is 11.0 Å². The average Bonchev–Trinajstić information content (AvgIpc) is 2.25. The van der Waals surface area contributed by atoms with E-state index >= 15 is 0 Å². The molecule has 80 valence electrons. The van der Waals surface area contributed by atoms with Crippen LogP contribution in [0.1, 0.15) is 43.7 Å². The van der Waals surface area contributed by atoms with Gasteiger partial charge in [-0.1, -0.05) is 32.3 Å². The van der Waals surface area contributed by atoms with Gasteiger partial charge in [0, 0.05) is 5.69 Å². The lowest BCUT2D eigenvalue weighted by molar-refractivity contribution is 0.667. The van der Waals surface area contributed by atoms with Gasteiger partial charge in [-0.15, -0.1) is 0 Å². The van der Waals surface area contributed by atoms with E-state index in [2.05, 4.69) is 13.0 Å². The summed E-state index contributed by atoms with van der Waals surface area (Å²) in [6.45, 7) is 2.21. The highest BCUT2D eigenvalue weighted by Gasteiger charge is 1.99. The van der Waals surface area contributed by atoms with E-state index in [0.717, 1.165) is 6.42 Å². The first-order valence-corrected chi connectivity index (χ1v) is 5.56. The fourth-order valence-electron chi connectivity index (χ4n) is 1.63. The van der Waals surface area contributed by atoms with Crippen LogP contribution in [0, 0.1) is 11.3 Å². The zero-order valence-electron chi connectivity index (χ0n) is 9.29. The lowest BCUT2D eigenvalue weighted by Crippen LogP contribution is -1.93. The normalized spacial score (nSPS) is 9.87. The molecule has 0 unspecified atom stereocenters. The summed E-state index contributed by atoms with van der Waals surface area (Å²) >= 11 is 0. The van der Waals surface area contributed by atoms with E-state index in [0.29, 0.717) is 11.3 Å². The van der Waals surface area contributed by atoms with Crippen molar-refractivity contribution in [2.75, 3.05) is 5.73 Å². The van der Waals surface area contributed by atoms with Gasteiger partial charge in [0.25, 0.3) is 0 Å². The van der Waals surface area contributed by atoms with Gasteiger partial charge in [-0.2, -0.15) is 5.26 Å². The molecule has 1 aromatic rings. The summed E-state index contributed by atoms with van der Waals surface area (Å²) in [5, 5.41) is 8.73. The molecule has 0 spiro atoms. The van der Waals surface area contributed by atoms with Gasteiger partial charge in [0.2, 0.25) is 0 Å². The van der Waals surface area contributed by atoms with Crippen LogP contribution in [-0.4, -0.2) is 0 Å². The third kappa shape index (κ3) is 3.63. The van der Waals surface area contributed by atoms with Gasteiger partial charge < -0.3 is 5.73 Å². The van der Waals surface area contributed by atoms with E-state index in [9.17, 15) is 0 Å². The minimum absolute atomic E-state index is 0.576. The Labute approximate surface area is 91.7 Å². The average molecular weight is 202 g/mol. The largest absolute Gasteiger partial charge is 0.398 e. The Morgan fingerprint density at radius 2 is 2.07 bits per heavy atom. The van der Waals surface area contributed by atoms with Crippen LogP contribution < -0.4 is 5.73 Å². The van der Waals surface area contributed by atoms with Crippen LogP contribution in [0.15, 0.2) is 18.2 Å². The van der Waals surface area contributed by atoms with Crippen LogP contribution in [-0.2, 0) is 6.42 Å². The van der Waals surface area contributed by atoms with Crippen molar-refractivity contribution in [3.8, 4) is 6.07 Å². The molecule has 0 atom stereocenters. The second-order valence-electron chi connectivity index (χ2n) is 3.84. The first-order chi connectivity index (χ1) is 7.27. The Bertz CT molecular complexity index is 350. The number of benzene rings is 1. The Hall–Kier alpha value is -1.49. The van der Waals surface area contributed by atoms with E-state index < -0.39 is 0 Å². The maximum Gasteiger partial charge on any atom is 0.101 e. The third-order valence-electron chi connectivity index (χ3n) is 2.56. The van der Waals surface area contributed by atoms with Crippen molar-refractivity contribution in [2.45, 2.75) is 39.0 Å². The van der Waals surface area contributed by atoms with Crippen LogP contribution in [0.25, 0.3) is 0 Å². The zero-order chi connectivity index (χ0) is 11.1. The number of nitrogens with two attached hydrogens (primary N) is 1. The lowest BCUT2D eigenvalue weighted by atomic mass is 10.0. The van der Waals surface area contributed by atoms with Gasteiger partial charge in [-0.3, -0.25) is 0 Å². The molecule has 0 aliphatic rings. The molecule has 2 nitrogen and oxygen atoms in total. The quantitative estimate of drug-likeness (QED) is 0.588. The summed E-state index contributed by atoms with van der Waals surface area (Å²) in [6, 6.07) is 7.81. The number of rotatable bonds is 5. The molecule has 0 aromatic heterocycles. The standard InChI is InChI=1S/C13H18N2/c1-2-3-4-5-6-11-7-8-12(10-14)13(15)9-11/h7-9H,2-6,15H2,1H3. The fourth-order valence-corrected chi connectivity index (χ4v) is 1.63. The predicted molar refractivity (Wildman–Crippen MR) is 63.4 cm³/mol. The number of hydrogen-bond donors (Lipinski definition) is 1. The molecule has 15 heavy (non-hydrogen) atoms. The summed E-state index contributed by atoms with van der Waals surface area (Å²) in [5.41, 5.74) is 8.16. The summed E-state index contributed by atoms with van der Waals surface area (Å²) in [5.74, 6) is 0. The second-order valence-corrected chi connectivity index (χ2v) is 3.84. The van der Waals surface area contributed by atoms with Crippen molar-refractivity contribution in [3.63, 3.8) is 0 Å². The molecule has 0 aliphatic heterocycles. The van der Waals surface area contributed by atoms with Crippen LogP contribution in [0.5, 0.6) is 0 Å². The van der Waals surface area contributed by atoms with Crippen LogP contribution in [0.3, 0.4) is 0 Å². The first-order valence-electron chi connectivity index (χ1n) is 5.56. The topological polar surface area (TPSA) is 49.8 Å². The molecule has 0 amide bonds. The van der Waals surface area contributed by atoms with Crippen molar-refractivity contribution < 1.29 is 0 Å². The summed E-state index contributed by atoms with van der Waals surface area (Å²) < 4.78 is 0. The number of nitriles is 1. The number of aryl methyl sites for hydroxylation is 1. The SMILES string of the molecule is CCCCCCc1ccc(C#N)c(N)c1. The van der Waals surface area contributed by atoms with Gasteiger partial charge in [0.05, 0.1) is 5.56 Å². The van der Waals surface area contributed by atoms with E-state index in [1.54, 1.807) is 0 Å². The molecule has 0 bridgehead atoms. The van der Waals surface area contributed by atoms with Crippen LogP contribution in [0.4, 0.5) is 5.69 Å². The molecule has 0 heterocycles. The first kappa shape index (κ1) is 11.6. The zero-order valence-corrected chi connectivity index (χ0v) is 9.29. The number of nitrogen functional groups attached to an aromatic ring is 1. The molecular formula is C13H18N2. The molecule has 0 fully saturated rings. The summed E-state index contributed by atoms with van der Waals surface area (Å²) in [7, 11) is 0. The van der Waals surface area contributed by atoms with Crippen LogP contribution in [0.2, 0.25) is 0 Å². The number of anilines is 1. The smallest absolute Gasteiger partial charge is 0.101 e. The molecule has 1 rings (SSSR count). The fraction of sp³-hybridized carbons (Fsp3) is 0.462. The number of unbranched alkanes of at least 4 members (excludes halogenated alkanes) is 3. The minimum Gasteiger partial charge on any atom is -0.398 e. The van der Waals surface area contributed by atoms with Crippen molar-refractivity contribution in [3.05, 3.63) is 29.3 Å². The number of hydrogen-bond acceptors (Lipinski definition) is 2. The molecule has 0 aliphatic carbocycles. The van der Waals surface area contributed by atoms with Gasteiger partial charge in [-0.25, -0.2) is 0 Å². The molecule has 0 saturated carbocycles. The van der Waals surface area contributed by atoms with Gasteiger partial charge in [0.1, 0.15) is 6.07 Å². The van der Waals surface area contributed by atoms with E-state index in [1.807, 2.05) is 18.2 Å². The van der Waals surface area contributed by atoms with Gasteiger partial charge in [-0.05, 0) is 30.5 Å². The lowest BCUT2D eigenvalue weighted by Gasteiger charge is -2.03. The number of nitrogens with zero attached hydrogens (tertiary/aromatic N) is 1. The van der Waals surface area contributed by atoms with Gasteiger partial charge >= 0.3 is 0 Å². The Morgan fingerprint density at radius 3 is 2.67 bits per heavy atom. The maximum atomic E-state index is 8.73. The van der Waals surface area contributed by atoms with Gasteiger partial charge in [0.15, 0.2) is 0 Å². The Kier molecular flexibility index (Phi) is 4.70. The van der Waals surface area contributed by atoms with Crippen molar-refractivity contribution >= 4 is 5.69 Å². The molecule has 2 heteroatoms. The second kappa shape index (κ2) is 6.08. The minimum atomic E-state index is 0.576. The molecule has 2 N–H and O–H groups in total. The molecule has 0 saturated heterocycles. The van der Waals surface area contributed by atoms with E-state index in [1.165, 1.54) is 31.2 Å². The molecule has 0 radical (unpaired) electrons. The third-order valence-corrected chi connectivity index (χ3v) is 2.56. The van der Waals surface area contributed by atoms with Crippen LogP contribution >= 0.6 is 0 Å². The van der Waals surface area contributed by atoms with Crippen molar-refractivity contribution in [1.82, 2.24) is 0 Å². The monoisotopic (exact) mass is 202 g/mol. The summed E-state index contributed by atoms with van der Waals surface area (Å²) in [4.78, 5) is 0.